The number of benzene rings is 1. The Hall–Kier alpha value is -1.08. The van der Waals surface area contributed by atoms with Crippen LogP contribution < -0.4 is 11.3 Å². The lowest BCUT2D eigenvalue weighted by Gasteiger charge is -2.38. The molecule has 0 amide bonds. The third-order valence-electron chi connectivity index (χ3n) is 3.71. The van der Waals surface area contributed by atoms with Crippen molar-refractivity contribution in [2.75, 3.05) is 19.7 Å². The van der Waals surface area contributed by atoms with E-state index < -0.39 is 11.6 Å². The molecule has 1 saturated heterocycles. The molecule has 1 heterocycles. The van der Waals surface area contributed by atoms with Crippen molar-refractivity contribution in [2.45, 2.75) is 32.0 Å². The van der Waals surface area contributed by atoms with Crippen molar-refractivity contribution in [1.29, 1.82) is 0 Å². The van der Waals surface area contributed by atoms with Crippen LogP contribution in [0, 0.1) is 11.6 Å². The Morgan fingerprint density at radius 3 is 2.70 bits per heavy atom. The van der Waals surface area contributed by atoms with Gasteiger partial charge in [-0.25, -0.2) is 8.78 Å². The first-order valence-electron chi connectivity index (χ1n) is 6.79. The number of hydrazine groups is 1. The second kappa shape index (κ2) is 6.58. The molecule has 0 spiro atoms. The fourth-order valence-electron chi connectivity index (χ4n) is 2.49. The predicted octanol–water partition coefficient (Wildman–Crippen LogP) is 1.58. The summed E-state index contributed by atoms with van der Waals surface area (Å²) < 4.78 is 32.1. The first-order chi connectivity index (χ1) is 9.52. The van der Waals surface area contributed by atoms with Gasteiger partial charge < -0.3 is 4.74 Å². The van der Waals surface area contributed by atoms with E-state index >= 15 is 0 Å². The minimum absolute atomic E-state index is 0.194. The average Bonchev–Trinajstić information content (AvgIpc) is 2.44. The van der Waals surface area contributed by atoms with Crippen molar-refractivity contribution in [1.82, 2.24) is 10.3 Å². The van der Waals surface area contributed by atoms with E-state index in [4.69, 9.17) is 10.6 Å². The lowest BCUT2D eigenvalue weighted by Crippen LogP contribution is -2.51. The lowest BCUT2D eigenvalue weighted by molar-refractivity contribution is -0.0561. The van der Waals surface area contributed by atoms with E-state index in [-0.39, 0.29) is 12.1 Å². The van der Waals surface area contributed by atoms with Crippen molar-refractivity contribution in [2.24, 2.45) is 5.84 Å². The van der Waals surface area contributed by atoms with Gasteiger partial charge in [-0.05, 0) is 31.5 Å². The molecule has 20 heavy (non-hydrogen) atoms. The first-order valence-corrected chi connectivity index (χ1v) is 6.79. The number of morpholine rings is 1. The summed E-state index contributed by atoms with van der Waals surface area (Å²) in [7, 11) is 0. The van der Waals surface area contributed by atoms with Crippen molar-refractivity contribution in [3.63, 3.8) is 0 Å². The molecule has 6 heteroatoms. The summed E-state index contributed by atoms with van der Waals surface area (Å²) in [5, 5.41) is 0. The molecule has 0 bridgehead atoms. The average molecular weight is 285 g/mol. The maximum Gasteiger partial charge on any atom is 0.159 e. The van der Waals surface area contributed by atoms with Gasteiger partial charge in [-0.1, -0.05) is 6.07 Å². The minimum atomic E-state index is -0.876. The van der Waals surface area contributed by atoms with Gasteiger partial charge in [0.25, 0.3) is 0 Å². The van der Waals surface area contributed by atoms with Crippen molar-refractivity contribution in [3.8, 4) is 0 Å². The summed E-state index contributed by atoms with van der Waals surface area (Å²) in [6.45, 7) is 6.40. The lowest BCUT2D eigenvalue weighted by atomic mass is 10.00. The highest BCUT2D eigenvalue weighted by Crippen LogP contribution is 2.24. The molecule has 1 aromatic carbocycles. The van der Waals surface area contributed by atoms with E-state index in [1.807, 2.05) is 0 Å². The number of hydrogen-bond acceptors (Lipinski definition) is 4. The Morgan fingerprint density at radius 2 is 2.10 bits per heavy atom. The maximum atomic E-state index is 13.4. The molecule has 1 aromatic rings. The number of hydrogen-bond donors (Lipinski definition) is 2. The van der Waals surface area contributed by atoms with Crippen LogP contribution >= 0.6 is 0 Å². The molecule has 1 aliphatic heterocycles. The molecule has 1 aliphatic rings. The molecule has 2 atom stereocenters. The van der Waals surface area contributed by atoms with Crippen LogP contribution in [-0.4, -0.2) is 36.7 Å². The fraction of sp³-hybridized carbons (Fsp3) is 0.571. The molecule has 2 rings (SSSR count). The van der Waals surface area contributed by atoms with Crippen LogP contribution in [0.2, 0.25) is 0 Å². The zero-order valence-corrected chi connectivity index (χ0v) is 11.8. The van der Waals surface area contributed by atoms with Crippen molar-refractivity contribution >= 4 is 0 Å². The first kappa shape index (κ1) is 15.3. The van der Waals surface area contributed by atoms with E-state index in [0.717, 1.165) is 18.7 Å². The molecular weight excluding hydrogens is 264 g/mol. The van der Waals surface area contributed by atoms with Crippen LogP contribution in [0.1, 0.15) is 25.5 Å². The van der Waals surface area contributed by atoms with Crippen LogP contribution in [0.25, 0.3) is 0 Å². The number of nitrogens with two attached hydrogens (primary N) is 1. The highest BCUT2D eigenvalue weighted by molar-refractivity contribution is 5.22. The van der Waals surface area contributed by atoms with E-state index in [2.05, 4.69) is 24.2 Å². The van der Waals surface area contributed by atoms with Crippen LogP contribution in [0.5, 0.6) is 0 Å². The molecule has 3 N–H and O–H groups in total. The van der Waals surface area contributed by atoms with E-state index in [9.17, 15) is 8.78 Å². The van der Waals surface area contributed by atoms with Gasteiger partial charge in [-0.15, -0.1) is 0 Å². The minimum Gasteiger partial charge on any atom is -0.374 e. The van der Waals surface area contributed by atoms with E-state index in [0.29, 0.717) is 24.8 Å². The fourth-order valence-corrected chi connectivity index (χ4v) is 2.49. The number of ether oxygens (including phenoxy) is 1. The van der Waals surface area contributed by atoms with Gasteiger partial charge in [-0.2, -0.15) is 0 Å². The Bertz CT molecular complexity index is 456. The highest BCUT2D eigenvalue weighted by Gasteiger charge is 2.30. The van der Waals surface area contributed by atoms with Gasteiger partial charge in [0.2, 0.25) is 0 Å². The maximum absolute atomic E-state index is 13.4. The van der Waals surface area contributed by atoms with Gasteiger partial charge in [0.05, 0.1) is 18.8 Å². The van der Waals surface area contributed by atoms with Gasteiger partial charge >= 0.3 is 0 Å². The zero-order chi connectivity index (χ0) is 14.7. The molecule has 0 aromatic heterocycles. The Balaban J connectivity index is 2.16. The monoisotopic (exact) mass is 285 g/mol. The van der Waals surface area contributed by atoms with E-state index in [1.165, 1.54) is 6.07 Å². The number of rotatable bonds is 4. The van der Waals surface area contributed by atoms with Gasteiger partial charge in [0.1, 0.15) is 0 Å². The SMILES string of the molecule is CC(C)N1CCOC(C(NN)c2ccc(F)c(F)c2)C1. The summed E-state index contributed by atoms with van der Waals surface area (Å²) in [6.07, 6.45) is -0.194. The smallest absolute Gasteiger partial charge is 0.159 e. The molecule has 112 valence electrons. The third-order valence-corrected chi connectivity index (χ3v) is 3.71. The van der Waals surface area contributed by atoms with E-state index in [1.54, 1.807) is 0 Å². The molecule has 4 nitrogen and oxygen atoms in total. The number of nitrogens with zero attached hydrogens (tertiary/aromatic N) is 1. The van der Waals surface area contributed by atoms with Gasteiger partial charge in [0.15, 0.2) is 11.6 Å². The van der Waals surface area contributed by atoms with Crippen LogP contribution in [0.15, 0.2) is 18.2 Å². The second-order valence-corrected chi connectivity index (χ2v) is 5.32. The summed E-state index contributed by atoms with van der Waals surface area (Å²) in [6, 6.07) is 3.84. The second-order valence-electron chi connectivity index (χ2n) is 5.32. The summed E-state index contributed by atoms with van der Waals surface area (Å²) in [5.41, 5.74) is 3.24. The molecule has 1 fully saturated rings. The molecule has 2 unspecified atom stereocenters. The molecule has 0 radical (unpaired) electrons. The summed E-state index contributed by atoms with van der Waals surface area (Å²) in [5.74, 6) is 3.84. The molecule has 0 saturated carbocycles. The standard InChI is InChI=1S/C14H21F2N3O/c1-9(2)19-5-6-20-13(8-19)14(18-17)10-3-4-11(15)12(16)7-10/h3-4,7,9,13-14,18H,5-6,8,17H2,1-2H3. The van der Waals surface area contributed by atoms with Crippen LogP contribution in [-0.2, 0) is 4.74 Å². The van der Waals surface area contributed by atoms with Crippen molar-refractivity contribution in [3.05, 3.63) is 35.4 Å². The Kier molecular flexibility index (Phi) is 5.04. The third kappa shape index (κ3) is 3.32. The quantitative estimate of drug-likeness (QED) is 0.651. The van der Waals surface area contributed by atoms with Crippen LogP contribution in [0.3, 0.4) is 0 Å². The largest absolute Gasteiger partial charge is 0.374 e. The predicted molar refractivity (Wildman–Crippen MR) is 72.9 cm³/mol. The summed E-state index contributed by atoms with van der Waals surface area (Å²) >= 11 is 0. The Labute approximate surface area is 117 Å². The molecule has 0 aliphatic carbocycles. The zero-order valence-electron chi connectivity index (χ0n) is 11.8. The van der Waals surface area contributed by atoms with Gasteiger partial charge in [-0.3, -0.25) is 16.2 Å². The number of halogens is 2. The summed E-state index contributed by atoms with van der Waals surface area (Å²) in [4.78, 5) is 2.28. The van der Waals surface area contributed by atoms with Gasteiger partial charge in [0, 0.05) is 19.1 Å². The normalized spacial score (nSPS) is 22.2. The molecular formula is C14H21F2N3O. The highest BCUT2D eigenvalue weighted by atomic mass is 19.2. The van der Waals surface area contributed by atoms with Crippen molar-refractivity contribution < 1.29 is 13.5 Å². The van der Waals surface area contributed by atoms with Crippen LogP contribution in [0.4, 0.5) is 8.78 Å². The topological polar surface area (TPSA) is 50.5 Å². The number of nitrogens with one attached hydrogen (secondary N) is 1. The Morgan fingerprint density at radius 1 is 1.35 bits per heavy atom.